The smallest absolute Gasteiger partial charge is 0.335 e. The summed E-state index contributed by atoms with van der Waals surface area (Å²) in [6, 6.07) is 22.6. The summed E-state index contributed by atoms with van der Waals surface area (Å²) in [5.74, 6) is 0.420. The molecule has 1 N–H and O–H groups in total. The van der Waals surface area contributed by atoms with Crippen LogP contribution in [0.25, 0.3) is 0 Å². The molecule has 30 heavy (non-hydrogen) atoms. The van der Waals surface area contributed by atoms with Crippen LogP contribution in [-0.2, 0) is 4.79 Å². The van der Waals surface area contributed by atoms with Crippen LogP contribution in [0.15, 0.2) is 98.1 Å². The molecule has 0 radical (unpaired) electrons. The van der Waals surface area contributed by atoms with Gasteiger partial charge in [-0.1, -0.05) is 36.9 Å². The number of esters is 1. The van der Waals surface area contributed by atoms with Gasteiger partial charge in [0.2, 0.25) is 6.29 Å². The Hall–Kier alpha value is -3.83. The van der Waals surface area contributed by atoms with Gasteiger partial charge in [-0.15, -0.1) is 0 Å². The number of hydrogen-bond acceptors (Lipinski definition) is 5. The van der Waals surface area contributed by atoms with E-state index in [2.05, 4.69) is 13.2 Å². The largest absolute Gasteiger partial charge is 0.461 e. The van der Waals surface area contributed by atoms with E-state index in [1.54, 1.807) is 24.3 Å². The number of aryl methyl sites for hydroxylation is 1. The lowest BCUT2D eigenvalue weighted by Crippen LogP contribution is -2.12. The van der Waals surface area contributed by atoms with Crippen molar-refractivity contribution < 1.29 is 19.4 Å². The molecule has 0 aliphatic rings. The molecule has 3 aromatic rings. The predicted octanol–water partition coefficient (Wildman–Crippen LogP) is 5.44. The maximum absolute atomic E-state index is 11.6. The van der Waals surface area contributed by atoms with E-state index in [-0.39, 0.29) is 0 Å². The van der Waals surface area contributed by atoms with Gasteiger partial charge in [-0.05, 0) is 61.5 Å². The molecule has 3 aromatic carbocycles. The molecule has 152 valence electrons. The fourth-order valence-corrected chi connectivity index (χ4v) is 2.85. The molecule has 0 bridgehead atoms. The Morgan fingerprint density at radius 3 is 2.17 bits per heavy atom. The second kappa shape index (κ2) is 9.58. The maximum atomic E-state index is 11.6. The number of aliphatic hydroxyl groups excluding tert-OH is 1. The zero-order valence-electron chi connectivity index (χ0n) is 16.7. The minimum atomic E-state index is -1.07. The SMILES string of the molecule is C=CC(=O)Oc1cccc(N(c2ccc(C)cc2)c2ccc(OC(O)C=C)cc2)c1. The van der Waals surface area contributed by atoms with Crippen molar-refractivity contribution in [3.63, 3.8) is 0 Å². The second-order valence-corrected chi connectivity index (χ2v) is 6.53. The first-order valence-corrected chi connectivity index (χ1v) is 9.38. The van der Waals surface area contributed by atoms with E-state index in [0.717, 1.165) is 28.7 Å². The molecule has 5 heteroatoms. The average molecular weight is 401 g/mol. The zero-order chi connectivity index (χ0) is 21.5. The summed E-state index contributed by atoms with van der Waals surface area (Å²) in [7, 11) is 0. The first-order valence-electron chi connectivity index (χ1n) is 9.38. The quantitative estimate of drug-likeness (QED) is 0.179. The summed E-state index contributed by atoms with van der Waals surface area (Å²) in [6.45, 7) is 8.96. The van der Waals surface area contributed by atoms with E-state index in [1.807, 2.05) is 60.4 Å². The maximum Gasteiger partial charge on any atom is 0.335 e. The lowest BCUT2D eigenvalue weighted by molar-refractivity contribution is -0.128. The molecular formula is C25H23NO4. The Balaban J connectivity index is 2.00. The van der Waals surface area contributed by atoms with Gasteiger partial charge in [-0.2, -0.15) is 0 Å². The van der Waals surface area contributed by atoms with Gasteiger partial charge in [-0.25, -0.2) is 4.79 Å². The van der Waals surface area contributed by atoms with E-state index in [9.17, 15) is 9.90 Å². The molecule has 0 saturated carbocycles. The predicted molar refractivity (Wildman–Crippen MR) is 119 cm³/mol. The van der Waals surface area contributed by atoms with Crippen LogP contribution in [0.2, 0.25) is 0 Å². The van der Waals surface area contributed by atoms with E-state index < -0.39 is 12.3 Å². The molecule has 0 aromatic heterocycles. The Morgan fingerprint density at radius 1 is 0.933 bits per heavy atom. The molecule has 0 heterocycles. The Kier molecular flexibility index (Phi) is 6.67. The number of anilines is 3. The topological polar surface area (TPSA) is 59.0 Å². The van der Waals surface area contributed by atoms with Gasteiger partial charge in [-0.3, -0.25) is 0 Å². The third-order valence-corrected chi connectivity index (χ3v) is 4.31. The first kappa shape index (κ1) is 20.9. The number of nitrogens with zero attached hydrogens (tertiary/aromatic N) is 1. The fraction of sp³-hybridized carbons (Fsp3) is 0.0800. The van der Waals surface area contributed by atoms with Crippen LogP contribution in [0.3, 0.4) is 0 Å². The van der Waals surface area contributed by atoms with Crippen molar-refractivity contribution in [2.75, 3.05) is 4.90 Å². The number of rotatable bonds is 8. The fourth-order valence-electron chi connectivity index (χ4n) is 2.85. The van der Waals surface area contributed by atoms with Gasteiger partial charge >= 0.3 is 5.97 Å². The minimum absolute atomic E-state index is 0.420. The van der Waals surface area contributed by atoms with Crippen molar-refractivity contribution in [1.82, 2.24) is 0 Å². The van der Waals surface area contributed by atoms with Crippen LogP contribution in [-0.4, -0.2) is 17.4 Å². The molecule has 0 aliphatic carbocycles. The Morgan fingerprint density at radius 2 is 1.57 bits per heavy atom. The van der Waals surface area contributed by atoms with Crippen molar-refractivity contribution in [3.05, 3.63) is 104 Å². The van der Waals surface area contributed by atoms with Crippen molar-refractivity contribution in [2.45, 2.75) is 13.2 Å². The minimum Gasteiger partial charge on any atom is -0.461 e. The summed E-state index contributed by atoms with van der Waals surface area (Å²) in [5.41, 5.74) is 3.77. The lowest BCUT2D eigenvalue weighted by Gasteiger charge is -2.26. The molecule has 0 aliphatic heterocycles. The number of ether oxygens (including phenoxy) is 2. The molecule has 0 spiro atoms. The van der Waals surface area contributed by atoms with Crippen LogP contribution in [0.4, 0.5) is 17.1 Å². The molecule has 0 saturated heterocycles. The third kappa shape index (κ3) is 5.16. The normalized spacial score (nSPS) is 11.3. The van der Waals surface area contributed by atoms with E-state index in [0.29, 0.717) is 11.5 Å². The van der Waals surface area contributed by atoms with Gasteiger partial charge in [0.25, 0.3) is 0 Å². The van der Waals surface area contributed by atoms with Crippen LogP contribution >= 0.6 is 0 Å². The number of aliphatic hydroxyl groups is 1. The van der Waals surface area contributed by atoms with Gasteiger partial charge in [0.15, 0.2) is 0 Å². The van der Waals surface area contributed by atoms with E-state index in [1.165, 1.54) is 6.08 Å². The van der Waals surface area contributed by atoms with E-state index in [4.69, 9.17) is 9.47 Å². The number of hydrogen-bond donors (Lipinski definition) is 1. The number of carbonyl (C=O) groups is 1. The second-order valence-electron chi connectivity index (χ2n) is 6.53. The summed E-state index contributed by atoms with van der Waals surface area (Å²) in [4.78, 5) is 13.6. The van der Waals surface area contributed by atoms with Gasteiger partial charge in [0.05, 0.1) is 0 Å². The summed E-state index contributed by atoms with van der Waals surface area (Å²) >= 11 is 0. The first-order chi connectivity index (χ1) is 14.5. The zero-order valence-corrected chi connectivity index (χ0v) is 16.7. The molecule has 0 fully saturated rings. The highest BCUT2D eigenvalue weighted by Crippen LogP contribution is 2.36. The van der Waals surface area contributed by atoms with Crippen LogP contribution in [0.1, 0.15) is 5.56 Å². The Bertz CT molecular complexity index is 1030. The average Bonchev–Trinajstić information content (AvgIpc) is 2.76. The molecular weight excluding hydrogens is 378 g/mol. The standard InChI is InChI=1S/C25H23NO4/c1-4-24(27)29-22-15-13-20(14-16-22)26(19-11-9-18(3)10-12-19)21-7-6-8-23(17-21)30-25(28)5-2/h4-17,24,27H,1-2H2,3H3. The van der Waals surface area contributed by atoms with Crippen molar-refractivity contribution in [2.24, 2.45) is 0 Å². The van der Waals surface area contributed by atoms with Gasteiger partial charge in [0.1, 0.15) is 11.5 Å². The van der Waals surface area contributed by atoms with Crippen molar-refractivity contribution in [3.8, 4) is 11.5 Å². The van der Waals surface area contributed by atoms with Gasteiger partial charge < -0.3 is 19.5 Å². The number of carbonyl (C=O) groups excluding carboxylic acids is 1. The summed E-state index contributed by atoms with van der Waals surface area (Å²) in [5, 5.41) is 9.60. The molecule has 3 rings (SSSR count). The highest BCUT2D eigenvalue weighted by molar-refractivity contribution is 5.84. The monoisotopic (exact) mass is 401 g/mol. The van der Waals surface area contributed by atoms with E-state index >= 15 is 0 Å². The highest BCUT2D eigenvalue weighted by Gasteiger charge is 2.14. The lowest BCUT2D eigenvalue weighted by atomic mass is 10.1. The molecule has 0 amide bonds. The molecule has 1 unspecified atom stereocenters. The molecule has 1 atom stereocenters. The van der Waals surface area contributed by atoms with Crippen molar-refractivity contribution in [1.29, 1.82) is 0 Å². The van der Waals surface area contributed by atoms with Crippen LogP contribution in [0.5, 0.6) is 11.5 Å². The summed E-state index contributed by atoms with van der Waals surface area (Å²) < 4.78 is 10.6. The number of benzene rings is 3. The van der Waals surface area contributed by atoms with Crippen LogP contribution < -0.4 is 14.4 Å². The Labute approximate surface area is 176 Å². The molecule has 5 nitrogen and oxygen atoms in total. The summed E-state index contributed by atoms with van der Waals surface area (Å²) in [6.07, 6.45) is 1.36. The highest BCUT2D eigenvalue weighted by atomic mass is 16.6. The third-order valence-electron chi connectivity index (χ3n) is 4.31. The van der Waals surface area contributed by atoms with Gasteiger partial charge in [0, 0.05) is 29.2 Å². The van der Waals surface area contributed by atoms with Crippen molar-refractivity contribution >= 4 is 23.0 Å². The van der Waals surface area contributed by atoms with Crippen LogP contribution in [0, 0.1) is 6.92 Å².